The van der Waals surface area contributed by atoms with E-state index >= 15 is 0 Å². The normalized spacial score (nSPS) is 12.8. The zero-order chi connectivity index (χ0) is 28.9. The Balaban J connectivity index is 4.19. The third-order valence-electron chi connectivity index (χ3n) is 4.54. The highest BCUT2D eigenvalue weighted by molar-refractivity contribution is 8.13. The third kappa shape index (κ3) is 19.4. The van der Waals surface area contributed by atoms with Gasteiger partial charge in [-0.25, -0.2) is 14.4 Å². The maximum absolute atomic E-state index is 11.8. The van der Waals surface area contributed by atoms with Gasteiger partial charge in [-0.2, -0.15) is 0 Å². The second-order valence-electron chi connectivity index (χ2n) is 7.40. The largest absolute Gasteiger partial charge is 0.480 e. The molecule has 0 aliphatic rings. The fourth-order valence-corrected chi connectivity index (χ4v) is 3.40. The lowest BCUT2D eigenvalue weighted by atomic mass is 10.1. The van der Waals surface area contributed by atoms with Crippen LogP contribution in [0.4, 0.5) is 9.59 Å². The molecule has 0 radical (unpaired) electrons. The standard InChI is InChI=1S/C18H30N4O15S/c1-2-13(36-21(29)30)7-3-6-10-34-18(26)38-12-15(16(23)24)19-17(25)33-9-5-4-8-14(37-22(31)32)11-35-20(27)28/h13-15H,2-12H2,1H3,(H,19,25)(H,23,24). The van der Waals surface area contributed by atoms with Crippen LogP contribution in [-0.2, 0) is 28.8 Å². The third-order valence-corrected chi connectivity index (χ3v) is 5.40. The number of carboxylic acids is 1. The molecular weight excluding hydrogens is 544 g/mol. The summed E-state index contributed by atoms with van der Waals surface area (Å²) in [5.74, 6) is -1.78. The van der Waals surface area contributed by atoms with Crippen molar-refractivity contribution in [2.24, 2.45) is 0 Å². The molecule has 0 saturated carbocycles. The second-order valence-corrected chi connectivity index (χ2v) is 8.36. The molecule has 0 aromatic heterocycles. The van der Waals surface area contributed by atoms with E-state index in [1.165, 1.54) is 0 Å². The fourth-order valence-electron chi connectivity index (χ4n) is 2.71. The van der Waals surface area contributed by atoms with Gasteiger partial charge in [-0.15, -0.1) is 30.3 Å². The number of nitrogens with one attached hydrogen (secondary N) is 1. The van der Waals surface area contributed by atoms with Crippen LogP contribution in [0.15, 0.2) is 0 Å². The van der Waals surface area contributed by atoms with Crippen molar-refractivity contribution in [3.63, 3.8) is 0 Å². The van der Waals surface area contributed by atoms with Crippen molar-refractivity contribution in [1.29, 1.82) is 0 Å². The molecule has 0 aromatic rings. The predicted octanol–water partition coefficient (Wildman–Crippen LogP) is 2.15. The van der Waals surface area contributed by atoms with Gasteiger partial charge in [0.2, 0.25) is 0 Å². The quantitative estimate of drug-likeness (QED) is 0.0811. The number of nitrogens with zero attached hydrogens (tertiary/aromatic N) is 3. The monoisotopic (exact) mass is 574 g/mol. The topological polar surface area (TPSA) is 259 Å². The maximum atomic E-state index is 11.8. The summed E-state index contributed by atoms with van der Waals surface area (Å²) in [4.78, 5) is 78.7. The summed E-state index contributed by atoms with van der Waals surface area (Å²) in [5.41, 5.74) is 0. The zero-order valence-electron chi connectivity index (χ0n) is 20.4. The van der Waals surface area contributed by atoms with Gasteiger partial charge in [0.25, 0.3) is 15.3 Å². The summed E-state index contributed by atoms with van der Waals surface area (Å²) in [6, 6.07) is -1.47. The molecule has 0 saturated heterocycles. The van der Waals surface area contributed by atoms with Crippen LogP contribution in [0.2, 0.25) is 0 Å². The highest BCUT2D eigenvalue weighted by Gasteiger charge is 2.23. The molecule has 0 aromatic carbocycles. The summed E-state index contributed by atoms with van der Waals surface area (Å²) in [6.07, 6.45) is -0.685. The minimum atomic E-state index is -1.47. The van der Waals surface area contributed by atoms with Crippen molar-refractivity contribution in [1.82, 2.24) is 5.32 Å². The molecule has 0 bridgehead atoms. The Hall–Kier alpha value is -3.84. The Morgan fingerprint density at radius 3 is 1.95 bits per heavy atom. The van der Waals surface area contributed by atoms with Crippen molar-refractivity contribution in [3.8, 4) is 0 Å². The Bertz CT molecular complexity index is 787. The first-order valence-electron chi connectivity index (χ1n) is 11.3. The van der Waals surface area contributed by atoms with E-state index in [-0.39, 0.29) is 38.2 Å². The molecule has 0 rings (SSSR count). The summed E-state index contributed by atoms with van der Waals surface area (Å²) in [5, 5.41) is 38.4. The number of carbonyl (C=O) groups is 3. The summed E-state index contributed by atoms with van der Waals surface area (Å²) < 4.78 is 9.78. The van der Waals surface area contributed by atoms with Gasteiger partial charge in [0.1, 0.15) is 24.9 Å². The van der Waals surface area contributed by atoms with E-state index in [1.807, 2.05) is 0 Å². The minimum Gasteiger partial charge on any atom is -0.480 e. The molecule has 0 spiro atoms. The Kier molecular flexibility index (Phi) is 18.2. The van der Waals surface area contributed by atoms with Gasteiger partial charge >= 0.3 is 17.4 Å². The number of thioether (sulfide) groups is 1. The molecule has 0 fully saturated rings. The van der Waals surface area contributed by atoms with Crippen LogP contribution < -0.4 is 5.32 Å². The lowest BCUT2D eigenvalue weighted by Crippen LogP contribution is -2.43. The first-order chi connectivity index (χ1) is 17.9. The van der Waals surface area contributed by atoms with Gasteiger partial charge in [0, 0.05) is 5.75 Å². The van der Waals surface area contributed by atoms with Crippen molar-refractivity contribution >= 4 is 29.1 Å². The Labute approximate surface area is 219 Å². The van der Waals surface area contributed by atoms with E-state index in [2.05, 4.69) is 19.8 Å². The van der Waals surface area contributed by atoms with Crippen molar-refractivity contribution in [2.75, 3.05) is 25.6 Å². The number of aliphatic carboxylic acids is 1. The first kappa shape index (κ1) is 34.2. The highest BCUT2D eigenvalue weighted by Crippen LogP contribution is 2.12. The van der Waals surface area contributed by atoms with Crippen LogP contribution >= 0.6 is 11.8 Å². The number of alkyl carbamates (subject to hydrolysis) is 1. The SMILES string of the molecule is CCC(CCCCOC(=O)SCC(NC(=O)OCCCCC(CO[N+](=O)[O-])O[N+](=O)[O-])C(=O)O)O[N+](=O)[O-]. The first-order valence-corrected chi connectivity index (χ1v) is 12.3. The number of hydrogen-bond acceptors (Lipinski definition) is 15. The Morgan fingerprint density at radius 2 is 1.42 bits per heavy atom. The van der Waals surface area contributed by atoms with E-state index in [0.29, 0.717) is 37.4 Å². The number of rotatable bonds is 22. The van der Waals surface area contributed by atoms with E-state index in [0.717, 1.165) is 0 Å². The molecular formula is C18H30N4O15S. The number of hydrogen-bond donors (Lipinski definition) is 2. The van der Waals surface area contributed by atoms with Crippen LogP contribution in [0, 0.1) is 30.3 Å². The van der Waals surface area contributed by atoms with Crippen molar-refractivity contribution in [3.05, 3.63) is 30.3 Å². The van der Waals surface area contributed by atoms with Gasteiger partial charge in [0.15, 0.2) is 0 Å². The molecule has 0 aliphatic heterocycles. The zero-order valence-corrected chi connectivity index (χ0v) is 21.2. The van der Waals surface area contributed by atoms with Gasteiger partial charge in [0.05, 0.1) is 13.2 Å². The van der Waals surface area contributed by atoms with Crippen molar-refractivity contribution in [2.45, 2.75) is 70.1 Å². The molecule has 218 valence electrons. The number of carboxylic acid groups (broad SMARTS) is 1. The van der Waals surface area contributed by atoms with Crippen LogP contribution in [0.1, 0.15) is 51.9 Å². The van der Waals surface area contributed by atoms with Crippen LogP contribution in [0.3, 0.4) is 0 Å². The lowest BCUT2D eigenvalue weighted by molar-refractivity contribution is -0.790. The molecule has 20 heteroatoms. The van der Waals surface area contributed by atoms with Crippen LogP contribution in [0.5, 0.6) is 0 Å². The lowest BCUT2D eigenvalue weighted by Gasteiger charge is -2.15. The number of ether oxygens (including phenoxy) is 2. The number of unbranched alkanes of at least 4 members (excludes halogenated alkanes) is 2. The summed E-state index contributed by atoms with van der Waals surface area (Å²) in [7, 11) is 0. The van der Waals surface area contributed by atoms with Gasteiger partial charge < -0.3 is 34.4 Å². The average molecular weight is 575 g/mol. The Morgan fingerprint density at radius 1 is 0.868 bits per heavy atom. The van der Waals surface area contributed by atoms with E-state index < -0.39 is 57.5 Å². The summed E-state index contributed by atoms with van der Waals surface area (Å²) >= 11 is 0.524. The molecule has 19 nitrogen and oxygen atoms in total. The molecule has 38 heavy (non-hydrogen) atoms. The smallest absolute Gasteiger partial charge is 0.407 e. The predicted molar refractivity (Wildman–Crippen MR) is 124 cm³/mol. The molecule has 3 atom stereocenters. The van der Waals surface area contributed by atoms with E-state index in [1.54, 1.807) is 6.92 Å². The van der Waals surface area contributed by atoms with E-state index in [4.69, 9.17) is 9.47 Å². The second kappa shape index (κ2) is 20.2. The molecule has 0 aliphatic carbocycles. The number of amides is 1. The van der Waals surface area contributed by atoms with Gasteiger partial charge in [-0.1, -0.05) is 6.92 Å². The average Bonchev–Trinajstić information content (AvgIpc) is 2.82. The highest BCUT2D eigenvalue weighted by atomic mass is 32.2. The van der Waals surface area contributed by atoms with Gasteiger partial charge in [-0.3, -0.25) is 0 Å². The number of carbonyl (C=O) groups excluding carboxylic acids is 2. The minimum absolute atomic E-state index is 0.0118. The van der Waals surface area contributed by atoms with Crippen LogP contribution in [-0.4, -0.2) is 81.6 Å². The van der Waals surface area contributed by atoms with E-state index in [9.17, 15) is 49.8 Å². The molecule has 3 unspecified atom stereocenters. The summed E-state index contributed by atoms with van der Waals surface area (Å²) in [6.45, 7) is 0.897. The molecule has 2 N–H and O–H groups in total. The van der Waals surface area contributed by atoms with Gasteiger partial charge in [-0.05, 0) is 56.7 Å². The van der Waals surface area contributed by atoms with Crippen LogP contribution in [0.25, 0.3) is 0 Å². The molecule has 1 amide bonds. The van der Waals surface area contributed by atoms with Crippen molar-refractivity contribution < 1.29 is 58.7 Å². The maximum Gasteiger partial charge on any atom is 0.407 e. The fraction of sp³-hybridized carbons (Fsp3) is 0.833. The molecule has 0 heterocycles.